The number of hydrogen-bond acceptors (Lipinski definition) is 6. The van der Waals surface area contributed by atoms with Crippen LogP contribution < -0.4 is 0 Å². The van der Waals surface area contributed by atoms with Crippen LogP contribution in [0.25, 0.3) is 0 Å². The SMILES string of the molecule is Cc1ccc(S(=O)(=O)OC[C@H]2CO[C@@](Cn3cncn3)(c3ccc(F)cc3F)C2)cc1. The zero-order valence-corrected chi connectivity index (χ0v) is 17.6. The minimum atomic E-state index is -3.94. The summed E-state index contributed by atoms with van der Waals surface area (Å²) in [5, 5.41) is 4.06. The summed E-state index contributed by atoms with van der Waals surface area (Å²) in [6.45, 7) is 2.01. The monoisotopic (exact) mass is 449 g/mol. The van der Waals surface area contributed by atoms with Crippen molar-refractivity contribution in [2.75, 3.05) is 13.2 Å². The molecule has 2 atom stereocenters. The predicted octanol–water partition coefficient (Wildman–Crippen LogP) is 3.20. The Morgan fingerprint density at radius 1 is 1.23 bits per heavy atom. The maximum absolute atomic E-state index is 14.6. The topological polar surface area (TPSA) is 83.3 Å². The van der Waals surface area contributed by atoms with Crippen LogP contribution >= 0.6 is 0 Å². The maximum atomic E-state index is 14.6. The molecule has 1 fully saturated rings. The van der Waals surface area contributed by atoms with Crippen molar-refractivity contribution in [2.45, 2.75) is 30.4 Å². The van der Waals surface area contributed by atoms with Crippen molar-refractivity contribution >= 4 is 10.1 Å². The molecular formula is C21H21F2N3O4S. The van der Waals surface area contributed by atoms with Crippen molar-refractivity contribution in [1.82, 2.24) is 14.8 Å². The zero-order valence-electron chi connectivity index (χ0n) is 16.7. The molecule has 7 nitrogen and oxygen atoms in total. The lowest BCUT2D eigenvalue weighted by Gasteiger charge is -2.29. The first kappa shape index (κ1) is 21.5. The number of benzene rings is 2. The summed E-state index contributed by atoms with van der Waals surface area (Å²) in [5.74, 6) is -1.76. The molecule has 0 saturated carbocycles. The van der Waals surface area contributed by atoms with Gasteiger partial charge in [-0.1, -0.05) is 23.8 Å². The van der Waals surface area contributed by atoms with Gasteiger partial charge in [0.25, 0.3) is 10.1 Å². The Balaban J connectivity index is 1.53. The first-order chi connectivity index (χ1) is 14.8. The van der Waals surface area contributed by atoms with Gasteiger partial charge >= 0.3 is 0 Å². The summed E-state index contributed by atoms with van der Waals surface area (Å²) >= 11 is 0. The van der Waals surface area contributed by atoms with E-state index in [1.807, 2.05) is 6.92 Å². The van der Waals surface area contributed by atoms with Crippen LogP contribution in [0.4, 0.5) is 8.78 Å². The Morgan fingerprint density at radius 2 is 2.00 bits per heavy atom. The van der Waals surface area contributed by atoms with Gasteiger partial charge in [0.15, 0.2) is 0 Å². The quantitative estimate of drug-likeness (QED) is 0.515. The van der Waals surface area contributed by atoms with E-state index in [2.05, 4.69) is 10.1 Å². The second kappa shape index (κ2) is 8.45. The van der Waals surface area contributed by atoms with Crippen molar-refractivity contribution in [3.05, 3.63) is 77.9 Å². The normalized spacial score (nSPS) is 21.5. The summed E-state index contributed by atoms with van der Waals surface area (Å²) in [4.78, 5) is 3.96. The van der Waals surface area contributed by atoms with Gasteiger partial charge in [-0.25, -0.2) is 18.4 Å². The Kier molecular flexibility index (Phi) is 5.87. The lowest BCUT2D eigenvalue weighted by Crippen LogP contribution is -2.32. The largest absolute Gasteiger partial charge is 0.368 e. The van der Waals surface area contributed by atoms with E-state index in [0.29, 0.717) is 0 Å². The number of halogens is 2. The summed E-state index contributed by atoms with van der Waals surface area (Å²) in [5.41, 5.74) is -0.0525. The molecule has 0 radical (unpaired) electrons. The predicted molar refractivity (Wildman–Crippen MR) is 106 cm³/mol. The van der Waals surface area contributed by atoms with Gasteiger partial charge < -0.3 is 4.74 Å². The number of nitrogens with zero attached hydrogens (tertiary/aromatic N) is 3. The van der Waals surface area contributed by atoms with E-state index in [4.69, 9.17) is 8.92 Å². The molecule has 0 bridgehead atoms. The molecule has 164 valence electrons. The Morgan fingerprint density at radius 3 is 2.68 bits per heavy atom. The molecule has 2 heterocycles. The minimum absolute atomic E-state index is 0.0653. The van der Waals surface area contributed by atoms with Crippen molar-refractivity contribution < 1.29 is 26.1 Å². The fourth-order valence-corrected chi connectivity index (χ4v) is 4.72. The average Bonchev–Trinajstić information content (AvgIpc) is 3.38. The van der Waals surface area contributed by atoms with Crippen molar-refractivity contribution in [3.8, 4) is 0 Å². The van der Waals surface area contributed by atoms with Crippen molar-refractivity contribution in [2.24, 2.45) is 5.92 Å². The highest BCUT2D eigenvalue weighted by Gasteiger charge is 2.45. The van der Waals surface area contributed by atoms with Crippen LogP contribution in [0, 0.1) is 24.5 Å². The molecule has 3 aromatic rings. The van der Waals surface area contributed by atoms with E-state index >= 15 is 0 Å². The fraction of sp³-hybridized carbons (Fsp3) is 0.333. The molecule has 1 aliphatic heterocycles. The minimum Gasteiger partial charge on any atom is -0.368 e. The fourth-order valence-electron chi connectivity index (χ4n) is 3.75. The van der Waals surface area contributed by atoms with Crippen LogP contribution in [-0.4, -0.2) is 36.4 Å². The van der Waals surface area contributed by atoms with Crippen molar-refractivity contribution in [1.29, 1.82) is 0 Å². The Hall–Kier alpha value is -2.69. The van der Waals surface area contributed by atoms with E-state index in [0.717, 1.165) is 17.7 Å². The van der Waals surface area contributed by atoms with Gasteiger partial charge in [-0.2, -0.15) is 13.5 Å². The van der Waals surface area contributed by atoms with Gasteiger partial charge in [0, 0.05) is 17.5 Å². The second-order valence-corrected chi connectivity index (χ2v) is 9.26. The van der Waals surface area contributed by atoms with Crippen molar-refractivity contribution in [3.63, 3.8) is 0 Å². The summed E-state index contributed by atoms with van der Waals surface area (Å²) in [6, 6.07) is 9.65. The van der Waals surface area contributed by atoms with E-state index in [1.165, 1.54) is 35.5 Å². The first-order valence-corrected chi connectivity index (χ1v) is 11.1. The molecule has 10 heteroatoms. The summed E-state index contributed by atoms with van der Waals surface area (Å²) < 4.78 is 65.8. The highest BCUT2D eigenvalue weighted by Crippen LogP contribution is 2.42. The van der Waals surface area contributed by atoms with Gasteiger partial charge in [-0.3, -0.25) is 4.18 Å². The van der Waals surface area contributed by atoms with Gasteiger partial charge in [0.05, 0.1) is 24.7 Å². The number of rotatable bonds is 7. The third kappa shape index (κ3) is 4.65. The zero-order chi connectivity index (χ0) is 22.1. The number of ether oxygens (including phenoxy) is 1. The third-order valence-electron chi connectivity index (χ3n) is 5.29. The van der Waals surface area contributed by atoms with E-state index in [1.54, 1.807) is 12.1 Å². The van der Waals surface area contributed by atoms with E-state index < -0.39 is 27.4 Å². The Labute approximate surface area is 178 Å². The molecule has 31 heavy (non-hydrogen) atoms. The summed E-state index contributed by atoms with van der Waals surface area (Å²) in [7, 11) is -3.94. The molecule has 0 amide bonds. The molecule has 2 aromatic carbocycles. The van der Waals surface area contributed by atoms with Crippen LogP contribution in [0.3, 0.4) is 0 Å². The molecule has 1 saturated heterocycles. The average molecular weight is 449 g/mol. The van der Waals surface area contributed by atoms with E-state index in [9.17, 15) is 17.2 Å². The molecule has 1 aromatic heterocycles. The van der Waals surface area contributed by atoms with Crippen LogP contribution in [0.1, 0.15) is 17.5 Å². The molecule has 4 rings (SSSR count). The number of aromatic nitrogens is 3. The molecule has 0 spiro atoms. The summed E-state index contributed by atoms with van der Waals surface area (Å²) in [6.07, 6.45) is 3.08. The maximum Gasteiger partial charge on any atom is 0.296 e. The molecular weight excluding hydrogens is 428 g/mol. The van der Waals surface area contributed by atoms with Gasteiger partial charge in [0.2, 0.25) is 0 Å². The van der Waals surface area contributed by atoms with Crippen LogP contribution in [-0.2, 0) is 31.2 Å². The molecule has 0 N–H and O–H groups in total. The lowest BCUT2D eigenvalue weighted by molar-refractivity contribution is -0.0206. The second-order valence-electron chi connectivity index (χ2n) is 7.64. The Bertz CT molecular complexity index is 1150. The molecule has 0 unspecified atom stereocenters. The van der Waals surface area contributed by atoms with Crippen LogP contribution in [0.15, 0.2) is 60.0 Å². The smallest absolute Gasteiger partial charge is 0.296 e. The molecule has 1 aliphatic rings. The number of aryl methyl sites for hydroxylation is 1. The van der Waals surface area contributed by atoms with Crippen LogP contribution in [0.5, 0.6) is 0 Å². The third-order valence-corrected chi connectivity index (χ3v) is 6.58. The molecule has 0 aliphatic carbocycles. The lowest BCUT2D eigenvalue weighted by atomic mass is 9.87. The highest BCUT2D eigenvalue weighted by atomic mass is 32.2. The van der Waals surface area contributed by atoms with Gasteiger partial charge in [-0.15, -0.1) is 0 Å². The standard InChI is InChI=1S/C21H21F2N3O4S/c1-15-2-5-18(6-3-15)31(27,28)30-11-16-9-21(29-10-16,12-26-14-24-13-25-26)19-7-4-17(22)8-20(19)23/h2-8,13-14,16H,9-12H2,1H3/t16-,21+/m1/s1. The first-order valence-electron chi connectivity index (χ1n) is 9.65. The van der Waals surface area contributed by atoms with Crippen LogP contribution in [0.2, 0.25) is 0 Å². The number of hydrogen-bond donors (Lipinski definition) is 0. The highest BCUT2D eigenvalue weighted by molar-refractivity contribution is 7.86. The van der Waals surface area contributed by atoms with Gasteiger partial charge in [0.1, 0.15) is 29.9 Å². The van der Waals surface area contributed by atoms with E-state index in [-0.39, 0.29) is 42.6 Å². The van der Waals surface area contributed by atoms with Gasteiger partial charge in [-0.05, 0) is 31.5 Å².